The maximum atomic E-state index is 12.6. The third-order valence-electron chi connectivity index (χ3n) is 4.76. The molecule has 8 nitrogen and oxygen atoms in total. The van der Waals surface area contributed by atoms with Gasteiger partial charge in [0, 0.05) is 30.4 Å². The lowest BCUT2D eigenvalue weighted by Crippen LogP contribution is -2.35. The zero-order chi connectivity index (χ0) is 20.3. The first-order valence-electron chi connectivity index (χ1n) is 8.98. The Balaban J connectivity index is 1.69. The fourth-order valence-electron chi connectivity index (χ4n) is 3.06. The molecule has 0 aliphatic carbocycles. The fourth-order valence-corrected chi connectivity index (χ4v) is 4.14. The summed E-state index contributed by atoms with van der Waals surface area (Å²) in [6, 6.07) is 10.5. The number of hydrogen-bond donors (Lipinski definition) is 1. The minimum Gasteiger partial charge on any atom is -0.490 e. The van der Waals surface area contributed by atoms with Crippen molar-refractivity contribution in [3.8, 4) is 5.75 Å². The molecule has 1 heterocycles. The first-order valence-corrected chi connectivity index (χ1v) is 10.5. The van der Waals surface area contributed by atoms with E-state index in [1.54, 1.807) is 31.2 Å². The second kappa shape index (κ2) is 8.15. The van der Waals surface area contributed by atoms with Crippen molar-refractivity contribution < 1.29 is 18.1 Å². The largest absolute Gasteiger partial charge is 0.490 e. The van der Waals surface area contributed by atoms with Crippen LogP contribution in [0.1, 0.15) is 18.4 Å². The Morgan fingerprint density at radius 3 is 2.39 bits per heavy atom. The number of piperidine rings is 1. The van der Waals surface area contributed by atoms with Gasteiger partial charge in [0.25, 0.3) is 15.7 Å². The highest BCUT2D eigenvalue weighted by Crippen LogP contribution is 2.25. The molecule has 150 valence electrons. The van der Waals surface area contributed by atoms with Crippen molar-refractivity contribution in [1.82, 2.24) is 4.90 Å². The van der Waals surface area contributed by atoms with E-state index in [9.17, 15) is 18.5 Å². The van der Waals surface area contributed by atoms with Crippen molar-refractivity contribution in [2.24, 2.45) is 0 Å². The normalized spacial score (nSPS) is 15.9. The van der Waals surface area contributed by atoms with E-state index in [1.165, 1.54) is 12.1 Å². The molecule has 3 rings (SSSR count). The molecule has 0 spiro atoms. The van der Waals surface area contributed by atoms with Gasteiger partial charge in [0.05, 0.1) is 9.82 Å². The van der Waals surface area contributed by atoms with Crippen molar-refractivity contribution in [2.75, 3.05) is 24.9 Å². The molecule has 0 saturated carbocycles. The van der Waals surface area contributed by atoms with Crippen LogP contribution in [0.3, 0.4) is 0 Å². The van der Waals surface area contributed by atoms with Gasteiger partial charge in [-0.15, -0.1) is 0 Å². The van der Waals surface area contributed by atoms with Crippen LogP contribution in [0, 0.1) is 17.0 Å². The zero-order valence-corrected chi connectivity index (χ0v) is 16.6. The van der Waals surface area contributed by atoms with Crippen molar-refractivity contribution in [2.45, 2.75) is 30.8 Å². The summed E-state index contributed by atoms with van der Waals surface area (Å²) < 4.78 is 33.5. The average Bonchev–Trinajstić information content (AvgIpc) is 2.65. The van der Waals surface area contributed by atoms with Crippen LogP contribution < -0.4 is 9.46 Å². The molecule has 1 aliphatic heterocycles. The number of nitro benzene ring substituents is 1. The van der Waals surface area contributed by atoms with Gasteiger partial charge in [-0.05, 0) is 57.1 Å². The molecule has 2 aromatic rings. The van der Waals surface area contributed by atoms with Crippen molar-refractivity contribution in [3.05, 3.63) is 58.1 Å². The third-order valence-corrected chi connectivity index (χ3v) is 6.14. The minimum absolute atomic E-state index is 0.156. The van der Waals surface area contributed by atoms with Gasteiger partial charge in [0.1, 0.15) is 11.9 Å². The van der Waals surface area contributed by atoms with E-state index in [0.717, 1.165) is 32.0 Å². The third kappa shape index (κ3) is 4.79. The molecule has 0 unspecified atom stereocenters. The molecule has 1 fully saturated rings. The molecular weight excluding hydrogens is 382 g/mol. The predicted octanol–water partition coefficient (Wildman–Crippen LogP) is 3.18. The molecule has 0 atom stereocenters. The Labute approximate surface area is 164 Å². The molecule has 2 aromatic carbocycles. The number of likely N-dealkylation sites (tertiary alicyclic amines) is 1. The number of benzene rings is 2. The topological polar surface area (TPSA) is 102 Å². The van der Waals surface area contributed by atoms with Gasteiger partial charge < -0.3 is 9.64 Å². The zero-order valence-electron chi connectivity index (χ0n) is 15.8. The molecule has 9 heteroatoms. The van der Waals surface area contributed by atoms with Crippen molar-refractivity contribution in [1.29, 1.82) is 0 Å². The molecule has 0 radical (unpaired) electrons. The highest BCUT2D eigenvalue weighted by atomic mass is 32.2. The van der Waals surface area contributed by atoms with E-state index in [0.29, 0.717) is 17.0 Å². The standard InChI is InChI=1S/C19H23N3O5S/c1-14-3-8-18(13-19(14)22(23)24)28(25,26)20-15-4-6-16(7-5-15)27-17-9-11-21(2)12-10-17/h3-8,13,17,20H,9-12H2,1-2H3. The lowest BCUT2D eigenvalue weighted by Gasteiger charge is -2.29. The van der Waals surface area contributed by atoms with Crippen LogP contribution >= 0.6 is 0 Å². The van der Waals surface area contributed by atoms with Crippen molar-refractivity contribution >= 4 is 21.4 Å². The predicted molar refractivity (Wildman–Crippen MR) is 106 cm³/mol. The first kappa shape index (κ1) is 20.1. The van der Waals surface area contributed by atoms with Gasteiger partial charge in [-0.3, -0.25) is 14.8 Å². The van der Waals surface area contributed by atoms with Gasteiger partial charge >= 0.3 is 0 Å². The quantitative estimate of drug-likeness (QED) is 0.585. The van der Waals surface area contributed by atoms with Crippen LogP contribution in [0.25, 0.3) is 0 Å². The molecule has 1 saturated heterocycles. The van der Waals surface area contributed by atoms with E-state index in [2.05, 4.69) is 16.7 Å². The number of nitrogens with one attached hydrogen (secondary N) is 1. The first-order chi connectivity index (χ1) is 13.2. The summed E-state index contributed by atoms with van der Waals surface area (Å²) in [4.78, 5) is 12.6. The van der Waals surface area contributed by atoms with Gasteiger partial charge in [-0.1, -0.05) is 6.07 Å². The number of ether oxygens (including phenoxy) is 1. The number of nitrogens with zero attached hydrogens (tertiary/aromatic N) is 2. The highest BCUT2D eigenvalue weighted by Gasteiger charge is 2.21. The minimum atomic E-state index is -3.93. The van der Waals surface area contributed by atoms with E-state index in [4.69, 9.17) is 4.74 Å². The molecule has 0 bridgehead atoms. The van der Waals surface area contributed by atoms with Crippen LogP contribution in [0.15, 0.2) is 47.4 Å². The van der Waals surface area contributed by atoms with E-state index < -0.39 is 14.9 Å². The second-order valence-electron chi connectivity index (χ2n) is 6.96. The number of aryl methyl sites for hydroxylation is 1. The van der Waals surface area contributed by atoms with Crippen LogP contribution in [-0.2, 0) is 10.0 Å². The molecule has 1 aliphatic rings. The smallest absolute Gasteiger partial charge is 0.273 e. The molecule has 1 N–H and O–H groups in total. The maximum Gasteiger partial charge on any atom is 0.273 e. The second-order valence-corrected chi connectivity index (χ2v) is 8.64. The number of nitro groups is 1. The van der Waals surface area contributed by atoms with Crippen LogP contribution in [0.5, 0.6) is 5.75 Å². The fraction of sp³-hybridized carbons (Fsp3) is 0.368. The summed E-state index contributed by atoms with van der Waals surface area (Å²) in [5.41, 5.74) is 0.531. The van der Waals surface area contributed by atoms with Crippen LogP contribution in [-0.4, -0.2) is 44.5 Å². The van der Waals surface area contributed by atoms with E-state index in [1.807, 2.05) is 0 Å². The van der Waals surface area contributed by atoms with Gasteiger partial charge in [-0.2, -0.15) is 0 Å². The highest BCUT2D eigenvalue weighted by molar-refractivity contribution is 7.92. The Hall–Kier alpha value is -2.65. The number of rotatable bonds is 6. The van der Waals surface area contributed by atoms with Gasteiger partial charge in [0.2, 0.25) is 0 Å². The number of hydrogen-bond acceptors (Lipinski definition) is 6. The Morgan fingerprint density at radius 1 is 1.14 bits per heavy atom. The Morgan fingerprint density at radius 2 is 1.79 bits per heavy atom. The number of anilines is 1. The summed E-state index contributed by atoms with van der Waals surface area (Å²) in [7, 11) is -1.85. The van der Waals surface area contributed by atoms with Gasteiger partial charge in [-0.25, -0.2) is 8.42 Å². The monoisotopic (exact) mass is 405 g/mol. The Kier molecular flexibility index (Phi) is 5.85. The summed E-state index contributed by atoms with van der Waals surface area (Å²) >= 11 is 0. The number of sulfonamides is 1. The van der Waals surface area contributed by atoms with Crippen LogP contribution in [0.2, 0.25) is 0 Å². The SMILES string of the molecule is Cc1ccc(S(=O)(=O)Nc2ccc(OC3CCN(C)CC3)cc2)cc1[N+](=O)[O-]. The molecule has 0 amide bonds. The maximum absolute atomic E-state index is 12.6. The average molecular weight is 405 g/mol. The summed E-state index contributed by atoms with van der Waals surface area (Å²) in [6.45, 7) is 3.54. The molecule has 0 aromatic heterocycles. The van der Waals surface area contributed by atoms with E-state index in [-0.39, 0.29) is 16.7 Å². The summed E-state index contributed by atoms with van der Waals surface area (Å²) in [5, 5.41) is 11.1. The Bertz CT molecular complexity index is 952. The summed E-state index contributed by atoms with van der Waals surface area (Å²) in [6.07, 6.45) is 2.07. The lowest BCUT2D eigenvalue weighted by atomic mass is 10.1. The van der Waals surface area contributed by atoms with E-state index >= 15 is 0 Å². The van der Waals surface area contributed by atoms with Crippen LogP contribution in [0.4, 0.5) is 11.4 Å². The van der Waals surface area contributed by atoms with Gasteiger partial charge in [0.15, 0.2) is 0 Å². The molecular formula is C19H23N3O5S. The lowest BCUT2D eigenvalue weighted by molar-refractivity contribution is -0.385. The molecule has 28 heavy (non-hydrogen) atoms. The summed E-state index contributed by atoms with van der Waals surface area (Å²) in [5.74, 6) is 0.684. The van der Waals surface area contributed by atoms with Crippen molar-refractivity contribution in [3.63, 3.8) is 0 Å².